The van der Waals surface area contributed by atoms with Crippen molar-refractivity contribution in [2.24, 2.45) is 0 Å². The van der Waals surface area contributed by atoms with E-state index >= 15 is 0 Å². The summed E-state index contributed by atoms with van der Waals surface area (Å²) in [5, 5.41) is 6.85. The Morgan fingerprint density at radius 1 is 1.07 bits per heavy atom. The zero-order chi connectivity index (χ0) is 21.3. The van der Waals surface area contributed by atoms with Crippen LogP contribution in [0.3, 0.4) is 0 Å². The van der Waals surface area contributed by atoms with E-state index in [1.54, 1.807) is 24.3 Å². The Kier molecular flexibility index (Phi) is 5.56. The topological polar surface area (TPSA) is 46.9 Å². The first kappa shape index (κ1) is 20.5. The van der Waals surface area contributed by atoms with Gasteiger partial charge >= 0.3 is 6.18 Å². The second kappa shape index (κ2) is 8.14. The Morgan fingerprint density at radius 3 is 2.53 bits per heavy atom. The minimum absolute atomic E-state index is 0.0739. The van der Waals surface area contributed by atoms with Crippen molar-refractivity contribution in [1.29, 1.82) is 0 Å². The molecule has 1 aliphatic rings. The molecule has 0 saturated heterocycles. The number of fused-ring (bicyclic) bond motifs is 1. The number of hydrogen-bond donors (Lipinski definition) is 1. The summed E-state index contributed by atoms with van der Waals surface area (Å²) < 4.78 is 40.7. The zero-order valence-electron chi connectivity index (χ0n) is 16.0. The van der Waals surface area contributed by atoms with Crippen molar-refractivity contribution in [2.45, 2.75) is 38.4 Å². The van der Waals surface area contributed by atoms with Crippen molar-refractivity contribution in [3.8, 4) is 5.69 Å². The molecule has 0 fully saturated rings. The largest absolute Gasteiger partial charge is 0.435 e. The number of rotatable bonds is 5. The van der Waals surface area contributed by atoms with Crippen LogP contribution < -0.4 is 5.32 Å². The highest BCUT2D eigenvalue weighted by Crippen LogP contribution is 2.30. The molecule has 0 unspecified atom stereocenters. The predicted molar refractivity (Wildman–Crippen MR) is 108 cm³/mol. The number of carbonyl (C=O) groups is 1. The van der Waals surface area contributed by atoms with Crippen molar-refractivity contribution in [1.82, 2.24) is 15.1 Å². The summed E-state index contributed by atoms with van der Waals surface area (Å²) in [5.74, 6) is -0.259. The van der Waals surface area contributed by atoms with Crippen LogP contribution in [0, 0.1) is 0 Å². The lowest BCUT2D eigenvalue weighted by Gasteiger charge is -2.10. The first-order valence-electron chi connectivity index (χ1n) is 9.59. The van der Waals surface area contributed by atoms with Crippen LogP contribution in [0.25, 0.3) is 5.69 Å². The summed E-state index contributed by atoms with van der Waals surface area (Å²) in [5.41, 5.74) is 3.14. The number of hydrogen-bond acceptors (Lipinski definition) is 2. The number of aromatic nitrogens is 2. The van der Waals surface area contributed by atoms with Crippen molar-refractivity contribution in [2.75, 3.05) is 0 Å². The molecule has 0 bridgehead atoms. The molecular weight excluding hydrogens is 415 g/mol. The van der Waals surface area contributed by atoms with Gasteiger partial charge in [0.25, 0.3) is 0 Å². The van der Waals surface area contributed by atoms with E-state index in [1.807, 2.05) is 12.1 Å². The lowest BCUT2D eigenvalue weighted by atomic mass is 10.0. The molecule has 30 heavy (non-hydrogen) atoms. The number of alkyl halides is 3. The van der Waals surface area contributed by atoms with Gasteiger partial charge in [-0.15, -0.1) is 0 Å². The number of halogens is 4. The molecular formula is C22H19ClF3N3O. The molecule has 0 radical (unpaired) electrons. The monoisotopic (exact) mass is 433 g/mol. The van der Waals surface area contributed by atoms with Crippen LogP contribution in [-0.2, 0) is 36.8 Å². The van der Waals surface area contributed by atoms with Gasteiger partial charge in [-0.1, -0.05) is 29.8 Å². The molecule has 8 heteroatoms. The summed E-state index contributed by atoms with van der Waals surface area (Å²) in [6.45, 7) is -0.0739. The lowest BCUT2D eigenvalue weighted by molar-refractivity contribution is -0.141. The minimum Gasteiger partial charge on any atom is -0.350 e. The SMILES string of the molecule is O=C(Cc1ccc2c(c1)CCC2)NCc1cc(C(F)(F)F)nn1-c1ccc(Cl)cc1. The minimum atomic E-state index is -4.58. The maximum Gasteiger partial charge on any atom is 0.435 e. The van der Waals surface area contributed by atoms with Gasteiger partial charge in [0.1, 0.15) is 0 Å². The van der Waals surface area contributed by atoms with Gasteiger partial charge in [-0.2, -0.15) is 18.3 Å². The fraction of sp³-hybridized carbons (Fsp3) is 0.273. The molecule has 3 aromatic rings. The summed E-state index contributed by atoms with van der Waals surface area (Å²) in [6.07, 6.45) is -1.19. The number of nitrogens with one attached hydrogen (secondary N) is 1. The van der Waals surface area contributed by atoms with Crippen molar-refractivity contribution < 1.29 is 18.0 Å². The quantitative estimate of drug-likeness (QED) is 0.622. The highest BCUT2D eigenvalue weighted by molar-refractivity contribution is 6.30. The molecule has 1 heterocycles. The molecule has 0 saturated carbocycles. The number of aryl methyl sites for hydroxylation is 2. The van der Waals surface area contributed by atoms with Gasteiger partial charge < -0.3 is 5.32 Å². The van der Waals surface area contributed by atoms with Crippen LogP contribution in [0.5, 0.6) is 0 Å². The van der Waals surface area contributed by atoms with E-state index in [0.29, 0.717) is 10.7 Å². The van der Waals surface area contributed by atoms with Crippen molar-refractivity contribution in [3.63, 3.8) is 0 Å². The van der Waals surface area contributed by atoms with Crippen LogP contribution in [0.2, 0.25) is 5.02 Å². The average Bonchev–Trinajstić information content (AvgIpc) is 3.33. The highest BCUT2D eigenvalue weighted by Gasteiger charge is 2.35. The second-order valence-electron chi connectivity index (χ2n) is 7.32. The summed E-state index contributed by atoms with van der Waals surface area (Å²) in [4.78, 5) is 12.4. The second-order valence-corrected chi connectivity index (χ2v) is 7.75. The Balaban J connectivity index is 1.50. The molecule has 0 spiro atoms. The van der Waals surface area contributed by atoms with E-state index in [9.17, 15) is 18.0 Å². The number of carbonyl (C=O) groups excluding carboxylic acids is 1. The highest BCUT2D eigenvalue weighted by atomic mass is 35.5. The molecule has 0 atom stereocenters. The number of amides is 1. The molecule has 1 N–H and O–H groups in total. The molecule has 4 nitrogen and oxygen atoms in total. The Morgan fingerprint density at radius 2 is 1.80 bits per heavy atom. The first-order chi connectivity index (χ1) is 14.3. The molecule has 1 amide bonds. The van der Waals surface area contributed by atoms with E-state index in [-0.39, 0.29) is 24.6 Å². The summed E-state index contributed by atoms with van der Waals surface area (Å²) in [6, 6.07) is 13.3. The third-order valence-corrected chi connectivity index (χ3v) is 5.39. The van der Waals surface area contributed by atoms with Gasteiger partial charge in [-0.3, -0.25) is 4.79 Å². The van der Waals surface area contributed by atoms with E-state index in [0.717, 1.165) is 30.9 Å². The Labute approximate surface area is 176 Å². The van der Waals surface area contributed by atoms with E-state index in [4.69, 9.17) is 11.6 Å². The standard InChI is InChI=1S/C22H19ClF3N3O/c23-17-6-8-18(9-7-17)29-19(12-20(28-29)22(24,25)26)13-27-21(30)11-14-4-5-15-2-1-3-16(15)10-14/h4-10,12H,1-3,11,13H2,(H,27,30). The first-order valence-corrected chi connectivity index (χ1v) is 9.97. The maximum absolute atomic E-state index is 13.2. The van der Waals surface area contributed by atoms with Crippen molar-refractivity contribution >= 4 is 17.5 Å². The molecule has 2 aromatic carbocycles. The number of nitrogens with zero attached hydrogens (tertiary/aromatic N) is 2. The normalized spacial score (nSPS) is 13.3. The fourth-order valence-corrected chi connectivity index (χ4v) is 3.79. The molecule has 1 aliphatic carbocycles. The van der Waals surface area contributed by atoms with Gasteiger partial charge in [-0.25, -0.2) is 4.68 Å². The van der Waals surface area contributed by atoms with Crippen LogP contribution in [0.15, 0.2) is 48.5 Å². The van der Waals surface area contributed by atoms with Gasteiger partial charge in [-0.05, 0) is 66.3 Å². The van der Waals surface area contributed by atoms with Crippen LogP contribution >= 0.6 is 11.6 Å². The fourth-order valence-electron chi connectivity index (χ4n) is 3.66. The lowest BCUT2D eigenvalue weighted by Crippen LogP contribution is -2.25. The van der Waals surface area contributed by atoms with Gasteiger partial charge in [0.05, 0.1) is 24.3 Å². The molecule has 156 valence electrons. The Hall–Kier alpha value is -2.80. The van der Waals surface area contributed by atoms with Crippen LogP contribution in [-0.4, -0.2) is 15.7 Å². The Bertz CT molecular complexity index is 1070. The number of benzene rings is 2. The zero-order valence-corrected chi connectivity index (χ0v) is 16.7. The molecule has 1 aromatic heterocycles. The van der Waals surface area contributed by atoms with Crippen molar-refractivity contribution in [3.05, 3.63) is 81.6 Å². The maximum atomic E-state index is 13.2. The van der Waals surface area contributed by atoms with E-state index in [1.165, 1.54) is 15.8 Å². The smallest absolute Gasteiger partial charge is 0.350 e. The van der Waals surface area contributed by atoms with Gasteiger partial charge in [0.2, 0.25) is 5.91 Å². The average molecular weight is 434 g/mol. The molecule has 4 rings (SSSR count). The van der Waals surface area contributed by atoms with Gasteiger partial charge in [0.15, 0.2) is 5.69 Å². The predicted octanol–water partition coefficient (Wildman–Crippen LogP) is 4.89. The third-order valence-electron chi connectivity index (χ3n) is 5.14. The van der Waals surface area contributed by atoms with E-state index in [2.05, 4.69) is 16.5 Å². The molecule has 0 aliphatic heterocycles. The summed E-state index contributed by atoms with van der Waals surface area (Å²) >= 11 is 5.86. The van der Waals surface area contributed by atoms with Crippen LogP contribution in [0.1, 0.15) is 34.5 Å². The third kappa shape index (κ3) is 4.51. The summed E-state index contributed by atoms with van der Waals surface area (Å²) in [7, 11) is 0. The van der Waals surface area contributed by atoms with E-state index < -0.39 is 11.9 Å². The van der Waals surface area contributed by atoms with Gasteiger partial charge in [0, 0.05) is 5.02 Å². The van der Waals surface area contributed by atoms with Crippen LogP contribution in [0.4, 0.5) is 13.2 Å².